The van der Waals surface area contributed by atoms with E-state index in [0.29, 0.717) is 17.1 Å². The minimum Gasteiger partial charge on any atom is -0.350 e. The second kappa shape index (κ2) is 8.78. The predicted molar refractivity (Wildman–Crippen MR) is 135 cm³/mol. The average molecular weight is 489 g/mol. The Hall–Kier alpha value is -3.78. The zero-order valence-corrected chi connectivity index (χ0v) is 20.5. The molecule has 178 valence electrons. The molecule has 6 nitrogen and oxygen atoms in total. The highest BCUT2D eigenvalue weighted by Gasteiger charge is 2.49. The Morgan fingerprint density at radius 1 is 1.14 bits per heavy atom. The third-order valence-electron chi connectivity index (χ3n) is 6.39. The number of fused-ring (bicyclic) bond motifs is 1. The van der Waals surface area contributed by atoms with Gasteiger partial charge in [0.05, 0.1) is 11.4 Å². The smallest absolute Gasteiger partial charge is 0.277 e. The van der Waals surface area contributed by atoms with Crippen molar-refractivity contribution in [3.05, 3.63) is 94.2 Å². The molecule has 1 atom stereocenters. The summed E-state index contributed by atoms with van der Waals surface area (Å²) in [6.45, 7) is 6.07. The van der Waals surface area contributed by atoms with E-state index in [2.05, 4.69) is 10.4 Å². The van der Waals surface area contributed by atoms with E-state index in [4.69, 9.17) is 0 Å². The topological polar surface area (TPSA) is 67.2 Å². The lowest BCUT2D eigenvalue weighted by atomic mass is 9.92. The summed E-state index contributed by atoms with van der Waals surface area (Å²) in [6, 6.07) is 17.5. The van der Waals surface area contributed by atoms with Crippen LogP contribution in [0.25, 0.3) is 10.6 Å². The Balaban J connectivity index is 1.56. The number of aromatic nitrogens is 2. The highest BCUT2D eigenvalue weighted by atomic mass is 32.1. The highest BCUT2D eigenvalue weighted by molar-refractivity contribution is 7.13. The second-order valence-electron chi connectivity index (χ2n) is 9.06. The van der Waals surface area contributed by atoms with Gasteiger partial charge < -0.3 is 5.32 Å². The van der Waals surface area contributed by atoms with Gasteiger partial charge in [-0.3, -0.25) is 19.2 Å². The lowest BCUT2D eigenvalue weighted by molar-refractivity contribution is -0.126. The van der Waals surface area contributed by atoms with Crippen LogP contribution in [-0.4, -0.2) is 27.1 Å². The van der Waals surface area contributed by atoms with E-state index in [0.717, 1.165) is 21.6 Å². The highest BCUT2D eigenvalue weighted by Crippen LogP contribution is 2.36. The Morgan fingerprint density at radius 3 is 2.63 bits per heavy atom. The molecule has 0 aliphatic carbocycles. The summed E-state index contributed by atoms with van der Waals surface area (Å²) in [6.07, 6.45) is 0. The number of amides is 2. The number of halogens is 1. The molecule has 0 bridgehead atoms. The van der Waals surface area contributed by atoms with E-state index < -0.39 is 5.54 Å². The van der Waals surface area contributed by atoms with Crippen molar-refractivity contribution in [1.82, 2.24) is 15.1 Å². The molecule has 2 aromatic heterocycles. The van der Waals surface area contributed by atoms with Crippen LogP contribution in [0.5, 0.6) is 0 Å². The van der Waals surface area contributed by atoms with Crippen molar-refractivity contribution in [1.29, 1.82) is 0 Å². The molecule has 8 heteroatoms. The normalized spacial score (nSPS) is 17.4. The molecule has 0 radical (unpaired) electrons. The van der Waals surface area contributed by atoms with Gasteiger partial charge >= 0.3 is 0 Å². The summed E-state index contributed by atoms with van der Waals surface area (Å²) >= 11 is 1.55. The zero-order valence-electron chi connectivity index (χ0n) is 19.7. The van der Waals surface area contributed by atoms with Crippen LogP contribution in [0.15, 0.2) is 66.0 Å². The van der Waals surface area contributed by atoms with Gasteiger partial charge in [0.25, 0.3) is 5.91 Å². The number of carbonyl (C=O) groups is 2. The Kier molecular flexibility index (Phi) is 5.76. The van der Waals surface area contributed by atoms with Gasteiger partial charge in [-0.15, -0.1) is 11.3 Å². The fraction of sp³-hybridized carbons (Fsp3) is 0.222. The lowest BCUT2D eigenvalue weighted by Crippen LogP contribution is -2.64. The fourth-order valence-corrected chi connectivity index (χ4v) is 5.12. The second-order valence-corrected chi connectivity index (χ2v) is 10.0. The van der Waals surface area contributed by atoms with Gasteiger partial charge in [0, 0.05) is 12.2 Å². The van der Waals surface area contributed by atoms with Crippen LogP contribution >= 0.6 is 11.3 Å². The van der Waals surface area contributed by atoms with Gasteiger partial charge in [-0.25, -0.2) is 4.39 Å². The summed E-state index contributed by atoms with van der Waals surface area (Å²) in [4.78, 5) is 30.2. The maximum Gasteiger partial charge on any atom is 0.277 e. The molecule has 1 aliphatic heterocycles. The van der Waals surface area contributed by atoms with Crippen LogP contribution in [-0.2, 0) is 17.9 Å². The molecule has 1 aliphatic rings. The number of hydrogen-bond acceptors (Lipinski definition) is 4. The number of thiophene rings is 1. The van der Waals surface area contributed by atoms with E-state index in [-0.39, 0.29) is 30.7 Å². The number of nitrogens with zero attached hydrogens (tertiary/aromatic N) is 3. The van der Waals surface area contributed by atoms with E-state index >= 15 is 0 Å². The van der Waals surface area contributed by atoms with E-state index in [9.17, 15) is 14.0 Å². The first kappa shape index (κ1) is 23.0. The lowest BCUT2D eigenvalue weighted by Gasteiger charge is -2.43. The molecule has 35 heavy (non-hydrogen) atoms. The molecule has 5 rings (SSSR count). The molecule has 0 saturated heterocycles. The molecule has 3 heterocycles. The quantitative estimate of drug-likeness (QED) is 0.425. The average Bonchev–Trinajstić information content (AvgIpc) is 3.51. The van der Waals surface area contributed by atoms with Crippen molar-refractivity contribution in [2.45, 2.75) is 39.4 Å². The van der Waals surface area contributed by atoms with Crippen LogP contribution < -0.4 is 10.2 Å². The fourth-order valence-electron chi connectivity index (χ4n) is 4.44. The van der Waals surface area contributed by atoms with E-state index in [1.807, 2.05) is 49.6 Å². The third-order valence-corrected chi connectivity index (χ3v) is 7.28. The van der Waals surface area contributed by atoms with Crippen LogP contribution in [0, 0.1) is 19.7 Å². The van der Waals surface area contributed by atoms with Gasteiger partial charge in [0.2, 0.25) is 5.91 Å². The van der Waals surface area contributed by atoms with Crippen molar-refractivity contribution in [2.75, 3.05) is 4.90 Å². The predicted octanol–water partition coefficient (Wildman–Crippen LogP) is 5.10. The molecular weight excluding hydrogens is 463 g/mol. The molecule has 1 unspecified atom stereocenters. The monoisotopic (exact) mass is 488 g/mol. The minimum absolute atomic E-state index is 0.197. The van der Waals surface area contributed by atoms with Crippen molar-refractivity contribution in [3.63, 3.8) is 0 Å². The summed E-state index contributed by atoms with van der Waals surface area (Å²) < 4.78 is 14.9. The first-order chi connectivity index (χ1) is 16.8. The van der Waals surface area contributed by atoms with Gasteiger partial charge in [-0.2, -0.15) is 5.10 Å². The maximum atomic E-state index is 13.9. The third kappa shape index (κ3) is 4.14. The number of nitrogens with one attached hydrogen (secondary N) is 1. The van der Waals surface area contributed by atoms with Crippen molar-refractivity contribution in [3.8, 4) is 10.6 Å². The van der Waals surface area contributed by atoms with Gasteiger partial charge in [-0.1, -0.05) is 30.3 Å². The first-order valence-corrected chi connectivity index (χ1v) is 12.2. The number of carbonyl (C=O) groups excluding carboxylic acids is 2. The van der Waals surface area contributed by atoms with Crippen molar-refractivity contribution >= 4 is 28.8 Å². The number of hydrogen-bond donors (Lipinski definition) is 1. The SMILES string of the molecule is Cc1ccc(C)c(N2C(=O)c3cc(-c4cccs4)nn3CC2(C)C(=O)NCc2ccc(F)cc2)c1. The molecule has 0 spiro atoms. The standard InChI is InChI=1S/C27H25FN4O2S/c1-17-6-7-18(2)22(13-17)32-25(33)23-14-21(24-5-4-12-35-24)30-31(23)16-27(32,3)26(34)29-15-19-8-10-20(28)11-9-19/h4-14H,15-16H2,1-3H3,(H,29,34). The minimum atomic E-state index is -1.23. The largest absolute Gasteiger partial charge is 0.350 e. The number of anilines is 1. The first-order valence-electron chi connectivity index (χ1n) is 11.3. The maximum absolute atomic E-state index is 13.9. The van der Waals surface area contributed by atoms with Gasteiger partial charge in [-0.05, 0) is 73.2 Å². The van der Waals surface area contributed by atoms with E-state index in [1.165, 1.54) is 12.1 Å². The van der Waals surface area contributed by atoms with Crippen molar-refractivity contribution < 1.29 is 14.0 Å². The summed E-state index contributed by atoms with van der Waals surface area (Å²) in [5.41, 5.74) is 3.27. The number of aryl methyl sites for hydroxylation is 2. The molecular formula is C27H25FN4O2S. The molecule has 4 aromatic rings. The summed E-state index contributed by atoms with van der Waals surface area (Å²) in [5, 5.41) is 9.59. The molecule has 2 amide bonds. The Morgan fingerprint density at radius 2 is 1.91 bits per heavy atom. The Labute approximate surface area is 207 Å². The van der Waals surface area contributed by atoms with Crippen LogP contribution in [0.2, 0.25) is 0 Å². The Bertz CT molecular complexity index is 1410. The van der Waals surface area contributed by atoms with Crippen molar-refractivity contribution in [2.24, 2.45) is 0 Å². The van der Waals surface area contributed by atoms with Crippen LogP contribution in [0.4, 0.5) is 10.1 Å². The van der Waals surface area contributed by atoms with E-state index in [1.54, 1.807) is 46.0 Å². The van der Waals surface area contributed by atoms with Crippen LogP contribution in [0.3, 0.4) is 0 Å². The summed E-state index contributed by atoms with van der Waals surface area (Å²) in [5.74, 6) is -0.923. The molecule has 2 aromatic carbocycles. The zero-order chi connectivity index (χ0) is 24.7. The molecule has 1 N–H and O–H groups in total. The molecule has 0 saturated carbocycles. The number of benzene rings is 2. The van der Waals surface area contributed by atoms with Crippen LogP contribution in [0.1, 0.15) is 34.1 Å². The summed E-state index contributed by atoms with van der Waals surface area (Å²) in [7, 11) is 0. The molecule has 0 fully saturated rings. The van der Waals surface area contributed by atoms with Gasteiger partial charge in [0.1, 0.15) is 22.7 Å². The number of rotatable bonds is 5. The van der Waals surface area contributed by atoms with Gasteiger partial charge in [0.15, 0.2) is 0 Å².